The van der Waals surface area contributed by atoms with Gasteiger partial charge in [0.15, 0.2) is 0 Å². The monoisotopic (exact) mass is 420 g/mol. The molecular weight excluding hydrogens is 406 g/mol. The summed E-state index contributed by atoms with van der Waals surface area (Å²) in [6.07, 6.45) is 2.89. The van der Waals surface area contributed by atoms with Crippen LogP contribution < -0.4 is 138 Å². The number of benzene rings is 1. The van der Waals surface area contributed by atoms with Crippen molar-refractivity contribution in [2.24, 2.45) is 0 Å². The second-order valence-corrected chi connectivity index (χ2v) is 8.50. The minimum atomic E-state index is -5.51. The molecule has 6 nitrogen and oxygen atoms in total. The van der Waals surface area contributed by atoms with Gasteiger partial charge in [-0.2, -0.15) is 0 Å². The molecule has 0 bridgehead atoms. The normalized spacial score (nSPS) is 11.0. The molecule has 1 aromatic rings. The molecule has 25 heavy (non-hydrogen) atoms. The van der Waals surface area contributed by atoms with Gasteiger partial charge in [-0.15, -0.1) is 0 Å². The third-order valence-electron chi connectivity index (χ3n) is 2.69. The maximum absolute atomic E-state index is 10.9. The van der Waals surface area contributed by atoms with Gasteiger partial charge in [-0.25, -0.2) is 0 Å². The molecule has 0 aliphatic heterocycles. The summed E-state index contributed by atoms with van der Waals surface area (Å²) in [5, 5.41) is -2.46. The fraction of sp³-hybridized carbons (Fsp3) is 0.231. The predicted octanol–water partition coefficient (Wildman–Crippen LogP) is -12.0. The molecule has 0 N–H and O–H groups in total. The van der Waals surface area contributed by atoms with Crippen molar-refractivity contribution in [2.45, 2.75) is 18.7 Å². The van der Waals surface area contributed by atoms with Gasteiger partial charge in [-0.05, 0) is 24.5 Å². The second-order valence-electron chi connectivity index (χ2n) is 4.69. The van der Waals surface area contributed by atoms with E-state index in [-0.39, 0.29) is 124 Å². The fourth-order valence-electron chi connectivity index (χ4n) is 1.61. The van der Waals surface area contributed by atoms with Crippen LogP contribution in [0.15, 0.2) is 42.5 Å². The van der Waals surface area contributed by atoms with Gasteiger partial charge in [0.1, 0.15) is 0 Å². The van der Waals surface area contributed by atoms with Gasteiger partial charge in [0.2, 0.25) is 0 Å². The zero-order valence-electron chi connectivity index (χ0n) is 15.3. The van der Waals surface area contributed by atoms with Crippen LogP contribution in [0.1, 0.15) is 18.1 Å². The van der Waals surface area contributed by atoms with E-state index in [1.165, 1.54) is 12.1 Å². The van der Waals surface area contributed by atoms with Crippen molar-refractivity contribution in [2.75, 3.05) is 0 Å². The number of allylic oxidation sites excluding steroid dienone is 2. The molecule has 0 saturated carbocycles. The zero-order chi connectivity index (χ0) is 16.3. The van der Waals surface area contributed by atoms with Crippen molar-refractivity contribution >= 4 is 21.3 Å². The van der Waals surface area contributed by atoms with Crippen LogP contribution in [0.25, 0.3) is 6.08 Å². The molecule has 1 aromatic carbocycles. The van der Waals surface area contributed by atoms with Crippen LogP contribution >= 0.6 is 15.2 Å². The van der Waals surface area contributed by atoms with E-state index in [1.807, 2.05) is 6.92 Å². The molecule has 0 fully saturated rings. The molecule has 0 aliphatic rings. The summed E-state index contributed by atoms with van der Waals surface area (Å²) in [6, 6.07) is 6.17. The van der Waals surface area contributed by atoms with Gasteiger partial charge in [0, 0.05) is 5.40 Å². The molecule has 12 heteroatoms. The number of hydrogen-bond acceptors (Lipinski definition) is 6. The Balaban J connectivity index is -0.000000551. The average Bonchev–Trinajstić information content (AvgIpc) is 2.32. The van der Waals surface area contributed by atoms with Gasteiger partial charge in [-0.3, -0.25) is 0 Å². The van der Waals surface area contributed by atoms with E-state index in [4.69, 9.17) is 0 Å². The van der Waals surface area contributed by atoms with Gasteiger partial charge >= 0.3 is 118 Å². The van der Waals surface area contributed by atoms with Crippen molar-refractivity contribution in [3.8, 4) is 0 Å². The Morgan fingerprint density at radius 1 is 1.00 bits per heavy atom. The first-order chi connectivity index (χ1) is 9.50. The van der Waals surface area contributed by atoms with Gasteiger partial charge in [-0.1, -0.05) is 63.8 Å². The first-order valence-electron chi connectivity index (χ1n) is 5.96. The molecule has 1 rings (SSSR count). The molecule has 0 aliphatic carbocycles. The van der Waals surface area contributed by atoms with Crippen molar-refractivity contribution in [1.82, 2.24) is 0 Å². The Labute approximate surface area is 236 Å². The predicted molar refractivity (Wildman–Crippen MR) is 73.0 cm³/mol. The second kappa shape index (κ2) is 15.8. The molecule has 0 aromatic heterocycles. The van der Waals surface area contributed by atoms with E-state index < -0.39 is 27.0 Å². The Kier molecular flexibility index (Phi) is 22.4. The van der Waals surface area contributed by atoms with Crippen LogP contribution in [-0.4, -0.2) is 5.40 Å². The van der Waals surface area contributed by atoms with Gasteiger partial charge < -0.3 is 28.7 Å². The molecule has 116 valence electrons. The van der Waals surface area contributed by atoms with E-state index in [0.717, 1.165) is 11.1 Å². The Bertz CT molecular complexity index is 616. The van der Waals surface area contributed by atoms with Crippen LogP contribution in [0, 0.1) is 0 Å². The quantitative estimate of drug-likeness (QED) is 0.256. The summed E-state index contributed by atoms with van der Waals surface area (Å²) in [4.78, 5) is 43.6. The maximum atomic E-state index is 10.9. The first kappa shape index (κ1) is 35.4. The Morgan fingerprint density at radius 2 is 1.40 bits per heavy atom. The fourth-order valence-corrected chi connectivity index (χ4v) is 3.87. The minimum Gasteiger partial charge on any atom is -0.810 e. The smallest absolute Gasteiger partial charge is 0.810 e. The molecule has 0 saturated heterocycles. The van der Waals surface area contributed by atoms with Gasteiger partial charge in [0.25, 0.3) is 0 Å². The first-order valence-corrected chi connectivity index (χ1v) is 9.18. The summed E-state index contributed by atoms with van der Waals surface area (Å²) in [5.41, 5.74) is 1.92. The van der Waals surface area contributed by atoms with Crippen LogP contribution in [0.3, 0.4) is 0 Å². The minimum absolute atomic E-state index is 0. The summed E-state index contributed by atoms with van der Waals surface area (Å²) in [7, 11) is -11.0. The van der Waals surface area contributed by atoms with Crippen LogP contribution in [0.2, 0.25) is 0 Å². The molecule has 0 unspecified atom stereocenters. The van der Waals surface area contributed by atoms with Crippen molar-refractivity contribution < 1.29 is 147 Å². The summed E-state index contributed by atoms with van der Waals surface area (Å²) < 4.78 is 21.8. The van der Waals surface area contributed by atoms with E-state index in [0.29, 0.717) is 0 Å². The maximum Gasteiger partial charge on any atom is 1.00 e. The van der Waals surface area contributed by atoms with E-state index in [9.17, 15) is 28.7 Å². The summed E-state index contributed by atoms with van der Waals surface area (Å²) in [6.45, 7) is 5.51. The number of hydrogen-bond donors (Lipinski definition) is 0. The van der Waals surface area contributed by atoms with Crippen LogP contribution in [-0.2, 0) is 15.6 Å². The third kappa shape index (κ3) is 14.6. The van der Waals surface area contributed by atoms with E-state index in [1.54, 1.807) is 24.3 Å². The standard InChI is InChI=1S/C13H18O6P2.4Na/c1-10(2)3-4-11-5-7-12(8-6-11)9-13(20(14,15)16)21(17,18)19;;;;/h3-8,13H,1,9H2,2H3,(H2,14,15,16)(H2,17,18,19);;;;/q;4*+1/p-4. The topological polar surface area (TPSA) is 126 Å². The van der Waals surface area contributed by atoms with E-state index in [2.05, 4.69) is 6.58 Å². The van der Waals surface area contributed by atoms with Crippen molar-refractivity contribution in [1.29, 1.82) is 0 Å². The Morgan fingerprint density at radius 3 is 1.72 bits per heavy atom. The SMILES string of the molecule is C=C(C)C=Cc1ccc(CC(P(=O)([O-])[O-])P(=O)([O-])[O-])cc1.[Na+].[Na+].[Na+].[Na+]. The van der Waals surface area contributed by atoms with Crippen LogP contribution in [0.4, 0.5) is 0 Å². The molecule has 0 atom stereocenters. The molecule has 0 radical (unpaired) electrons. The Hall–Kier alpha value is 3.00. The molecule has 0 heterocycles. The summed E-state index contributed by atoms with van der Waals surface area (Å²) >= 11 is 0. The van der Waals surface area contributed by atoms with Crippen molar-refractivity contribution in [3.05, 3.63) is 53.6 Å². The third-order valence-corrected chi connectivity index (χ3v) is 6.21. The van der Waals surface area contributed by atoms with E-state index >= 15 is 0 Å². The molecule has 0 amide bonds. The zero-order valence-corrected chi connectivity index (χ0v) is 25.1. The average molecular weight is 420 g/mol. The molecular formula is C13H14Na4O6P2. The van der Waals surface area contributed by atoms with Crippen LogP contribution in [0.5, 0.6) is 0 Å². The van der Waals surface area contributed by atoms with Gasteiger partial charge in [0.05, 0.1) is 0 Å². The summed E-state index contributed by atoms with van der Waals surface area (Å²) in [5.74, 6) is 0. The largest absolute Gasteiger partial charge is 1.00 e. The van der Waals surface area contributed by atoms with Crippen molar-refractivity contribution in [3.63, 3.8) is 0 Å². The number of rotatable bonds is 6. The molecule has 0 spiro atoms.